The van der Waals surface area contributed by atoms with Gasteiger partial charge in [-0.2, -0.15) is 0 Å². The van der Waals surface area contributed by atoms with Gasteiger partial charge in [0.1, 0.15) is 23.7 Å². The Hall–Kier alpha value is -4.26. The lowest BCUT2D eigenvalue weighted by Gasteiger charge is -2.41. The summed E-state index contributed by atoms with van der Waals surface area (Å²) in [5.74, 6) is 1.24. The predicted molar refractivity (Wildman–Crippen MR) is 147 cm³/mol. The van der Waals surface area contributed by atoms with Crippen LogP contribution >= 0.6 is 0 Å². The number of hydrogen-bond acceptors (Lipinski definition) is 4. The number of methoxy groups -OCH3 is 1. The van der Waals surface area contributed by atoms with Crippen LogP contribution in [0.3, 0.4) is 0 Å². The third-order valence-electron chi connectivity index (χ3n) is 6.85. The molecule has 0 bridgehead atoms. The van der Waals surface area contributed by atoms with Gasteiger partial charge in [-0.1, -0.05) is 48.5 Å². The van der Waals surface area contributed by atoms with Crippen LogP contribution in [-0.2, 0) is 17.8 Å². The van der Waals surface area contributed by atoms with Crippen LogP contribution in [0.2, 0.25) is 0 Å². The van der Waals surface area contributed by atoms with Crippen LogP contribution in [-0.4, -0.2) is 58.9 Å². The van der Waals surface area contributed by atoms with Crippen LogP contribution in [0, 0.1) is 0 Å². The molecule has 0 saturated carbocycles. The van der Waals surface area contributed by atoms with Gasteiger partial charge in [0.05, 0.1) is 19.3 Å². The third kappa shape index (κ3) is 5.52. The number of carbonyl (C=O) groups is 2. The Morgan fingerprint density at radius 2 is 1.79 bits per heavy atom. The van der Waals surface area contributed by atoms with Crippen molar-refractivity contribution in [1.29, 1.82) is 0 Å². The van der Waals surface area contributed by atoms with E-state index < -0.39 is 0 Å². The van der Waals surface area contributed by atoms with E-state index in [1.165, 1.54) is 0 Å². The minimum atomic E-state index is -0.185. The summed E-state index contributed by atoms with van der Waals surface area (Å²) in [7, 11) is 1.62. The lowest BCUT2D eigenvalue weighted by atomic mass is 10.0. The molecule has 1 aliphatic heterocycles. The van der Waals surface area contributed by atoms with Crippen molar-refractivity contribution in [3.63, 3.8) is 0 Å². The summed E-state index contributed by atoms with van der Waals surface area (Å²) in [6.45, 7) is 4.87. The standard InChI is InChI=1S/C31H33N3O4/c1-21(2)38-29-12-8-7-11-23(29)18-34-25(15-22-9-5-4-6-10-22)19-33(20-30(34)35)31(36)28-17-24-16-26(37-3)13-14-27(24)32-28/h4-14,16-17,21,25,32H,15,18-20H2,1-3H3/t25-/m0/s1. The van der Waals surface area contributed by atoms with Gasteiger partial charge in [0.15, 0.2) is 0 Å². The molecule has 196 valence electrons. The molecule has 1 aromatic heterocycles. The van der Waals surface area contributed by atoms with E-state index in [0.717, 1.165) is 33.5 Å². The number of benzene rings is 3. The number of fused-ring (bicyclic) bond motifs is 1. The Labute approximate surface area is 223 Å². The van der Waals surface area contributed by atoms with Crippen molar-refractivity contribution >= 4 is 22.7 Å². The number of nitrogens with one attached hydrogen (secondary N) is 1. The Morgan fingerprint density at radius 1 is 1.03 bits per heavy atom. The molecule has 1 saturated heterocycles. The zero-order valence-electron chi connectivity index (χ0n) is 22.0. The summed E-state index contributed by atoms with van der Waals surface area (Å²) in [6, 6.07) is 25.2. The molecule has 7 heteroatoms. The molecule has 1 atom stereocenters. The Morgan fingerprint density at radius 3 is 2.55 bits per heavy atom. The van der Waals surface area contributed by atoms with Gasteiger partial charge < -0.3 is 24.3 Å². The molecular weight excluding hydrogens is 478 g/mol. The number of carbonyl (C=O) groups excluding carboxylic acids is 2. The zero-order valence-corrected chi connectivity index (χ0v) is 22.0. The lowest BCUT2D eigenvalue weighted by molar-refractivity contribution is -0.139. The summed E-state index contributed by atoms with van der Waals surface area (Å²) in [4.78, 5) is 33.9. The second-order valence-corrected chi connectivity index (χ2v) is 9.96. The van der Waals surface area contributed by atoms with E-state index in [9.17, 15) is 9.59 Å². The second kappa shape index (κ2) is 11.0. The number of piperazine rings is 1. The van der Waals surface area contributed by atoms with Crippen LogP contribution < -0.4 is 9.47 Å². The van der Waals surface area contributed by atoms with E-state index >= 15 is 0 Å². The van der Waals surface area contributed by atoms with Crippen LogP contribution in [0.25, 0.3) is 10.9 Å². The maximum atomic E-state index is 13.6. The van der Waals surface area contributed by atoms with E-state index in [2.05, 4.69) is 17.1 Å². The first-order valence-electron chi connectivity index (χ1n) is 12.9. The average molecular weight is 512 g/mol. The largest absolute Gasteiger partial charge is 0.497 e. The first-order chi connectivity index (χ1) is 18.4. The van der Waals surface area contributed by atoms with Gasteiger partial charge in [-0.05, 0) is 56.2 Å². The third-order valence-corrected chi connectivity index (χ3v) is 6.85. The first kappa shape index (κ1) is 25.4. The Kier molecular flexibility index (Phi) is 7.36. The van der Waals surface area contributed by atoms with Crippen molar-refractivity contribution in [2.75, 3.05) is 20.2 Å². The number of nitrogens with zero attached hydrogens (tertiary/aromatic N) is 2. The predicted octanol–water partition coefficient (Wildman–Crippen LogP) is 5.06. The SMILES string of the molecule is COc1ccc2[nH]c(C(=O)N3CC(=O)N(Cc4ccccc4OC(C)C)[C@@H](Cc4ccccc4)C3)cc2c1. The highest BCUT2D eigenvalue weighted by atomic mass is 16.5. The fourth-order valence-corrected chi connectivity index (χ4v) is 5.02. The Balaban J connectivity index is 1.42. The van der Waals surface area contributed by atoms with Crippen molar-refractivity contribution in [2.24, 2.45) is 0 Å². The van der Waals surface area contributed by atoms with Crippen molar-refractivity contribution in [2.45, 2.75) is 39.0 Å². The minimum Gasteiger partial charge on any atom is -0.497 e. The molecule has 38 heavy (non-hydrogen) atoms. The number of H-pyrrole nitrogens is 1. The van der Waals surface area contributed by atoms with Crippen molar-refractivity contribution < 1.29 is 19.1 Å². The number of aromatic amines is 1. The number of rotatable bonds is 8. The second-order valence-electron chi connectivity index (χ2n) is 9.96. The summed E-state index contributed by atoms with van der Waals surface area (Å²) in [5.41, 5.74) is 3.39. The quantitative estimate of drug-likeness (QED) is 0.359. The molecule has 1 N–H and O–H groups in total. The maximum Gasteiger partial charge on any atom is 0.270 e. The number of ether oxygens (including phenoxy) is 2. The van der Waals surface area contributed by atoms with E-state index in [1.54, 1.807) is 12.0 Å². The van der Waals surface area contributed by atoms with E-state index in [4.69, 9.17) is 9.47 Å². The molecular formula is C31H33N3O4. The summed E-state index contributed by atoms with van der Waals surface area (Å²) in [6.07, 6.45) is 0.672. The lowest BCUT2D eigenvalue weighted by Crippen LogP contribution is -2.58. The van der Waals surface area contributed by atoms with Crippen molar-refractivity contribution in [3.05, 3.63) is 95.7 Å². The van der Waals surface area contributed by atoms with Crippen LogP contribution in [0.5, 0.6) is 11.5 Å². The van der Waals surface area contributed by atoms with Crippen molar-refractivity contribution in [1.82, 2.24) is 14.8 Å². The molecule has 2 heterocycles. The first-order valence-corrected chi connectivity index (χ1v) is 12.9. The van der Waals surface area contributed by atoms with E-state index in [-0.39, 0.29) is 30.5 Å². The Bertz CT molecular complexity index is 1430. The summed E-state index contributed by atoms with van der Waals surface area (Å²) >= 11 is 0. The molecule has 4 aromatic rings. The number of para-hydroxylation sites is 1. The topological polar surface area (TPSA) is 74.9 Å². The summed E-state index contributed by atoms with van der Waals surface area (Å²) < 4.78 is 11.3. The highest BCUT2D eigenvalue weighted by molar-refractivity contribution is 6.00. The fraction of sp³-hybridized carbons (Fsp3) is 0.290. The molecule has 3 aromatic carbocycles. The normalized spacial score (nSPS) is 15.8. The van der Waals surface area contributed by atoms with Gasteiger partial charge in [-0.15, -0.1) is 0 Å². The molecule has 7 nitrogen and oxygen atoms in total. The van der Waals surface area contributed by atoms with Gasteiger partial charge in [-0.25, -0.2) is 0 Å². The molecule has 0 unspecified atom stereocenters. The van der Waals surface area contributed by atoms with Crippen LogP contribution in [0.15, 0.2) is 78.9 Å². The number of aromatic nitrogens is 1. The average Bonchev–Trinajstić information content (AvgIpc) is 3.34. The molecule has 5 rings (SSSR count). The molecule has 1 aliphatic rings. The molecule has 0 radical (unpaired) electrons. The molecule has 2 amide bonds. The van der Waals surface area contributed by atoms with E-state index in [0.29, 0.717) is 25.2 Å². The molecule has 0 spiro atoms. The van der Waals surface area contributed by atoms with Crippen LogP contribution in [0.4, 0.5) is 0 Å². The molecule has 1 fully saturated rings. The highest BCUT2D eigenvalue weighted by Crippen LogP contribution is 2.27. The van der Waals surface area contributed by atoms with Gasteiger partial charge >= 0.3 is 0 Å². The van der Waals surface area contributed by atoms with Crippen LogP contribution in [0.1, 0.15) is 35.5 Å². The van der Waals surface area contributed by atoms with Gasteiger partial charge in [0, 0.05) is 29.6 Å². The molecule has 0 aliphatic carbocycles. The number of amides is 2. The summed E-state index contributed by atoms with van der Waals surface area (Å²) in [5, 5.41) is 0.889. The van der Waals surface area contributed by atoms with Crippen molar-refractivity contribution in [3.8, 4) is 11.5 Å². The van der Waals surface area contributed by atoms with Gasteiger partial charge in [0.25, 0.3) is 5.91 Å². The highest BCUT2D eigenvalue weighted by Gasteiger charge is 2.36. The van der Waals surface area contributed by atoms with Gasteiger partial charge in [-0.3, -0.25) is 9.59 Å². The van der Waals surface area contributed by atoms with E-state index in [1.807, 2.05) is 85.5 Å². The maximum absolute atomic E-state index is 13.6. The smallest absolute Gasteiger partial charge is 0.270 e. The monoisotopic (exact) mass is 511 g/mol. The zero-order chi connectivity index (χ0) is 26.6. The number of hydrogen-bond donors (Lipinski definition) is 1. The minimum absolute atomic E-state index is 0.0238. The fourth-order valence-electron chi connectivity index (χ4n) is 5.02. The van der Waals surface area contributed by atoms with Gasteiger partial charge in [0.2, 0.25) is 5.91 Å².